The number of rotatable bonds is 6. The van der Waals surface area contributed by atoms with Crippen molar-refractivity contribution in [2.45, 2.75) is 38.0 Å². The zero-order chi connectivity index (χ0) is 19.5. The first-order valence-electron chi connectivity index (χ1n) is 9.13. The van der Waals surface area contributed by atoms with E-state index in [0.29, 0.717) is 30.7 Å². The summed E-state index contributed by atoms with van der Waals surface area (Å²) >= 11 is 1.35. The maximum absolute atomic E-state index is 13.0. The van der Waals surface area contributed by atoms with Crippen LogP contribution in [0.15, 0.2) is 46.0 Å². The summed E-state index contributed by atoms with van der Waals surface area (Å²) in [6.07, 6.45) is 1.73. The Morgan fingerprint density at radius 2 is 2.07 bits per heavy atom. The van der Waals surface area contributed by atoms with Gasteiger partial charge in [0.2, 0.25) is 10.0 Å². The summed E-state index contributed by atoms with van der Waals surface area (Å²) in [6.45, 7) is 4.65. The molecule has 1 aliphatic rings. The highest BCUT2D eigenvalue weighted by molar-refractivity contribution is 7.89. The highest BCUT2D eigenvalue weighted by Crippen LogP contribution is 2.38. The van der Waals surface area contributed by atoms with E-state index >= 15 is 0 Å². The number of esters is 1. The molecule has 0 aliphatic carbocycles. The van der Waals surface area contributed by atoms with Gasteiger partial charge in [-0.25, -0.2) is 8.42 Å². The smallest absolute Gasteiger partial charge is 0.313 e. The number of hydrogen-bond acceptors (Lipinski definition) is 5. The molecule has 0 amide bonds. The van der Waals surface area contributed by atoms with Crippen molar-refractivity contribution in [3.05, 3.63) is 52.2 Å². The van der Waals surface area contributed by atoms with E-state index in [0.717, 1.165) is 11.1 Å². The van der Waals surface area contributed by atoms with Crippen molar-refractivity contribution < 1.29 is 17.9 Å². The average Bonchev–Trinajstić information content (AvgIpc) is 3.20. The van der Waals surface area contributed by atoms with E-state index in [4.69, 9.17) is 4.74 Å². The second-order valence-electron chi connectivity index (χ2n) is 7.01. The Morgan fingerprint density at radius 3 is 2.74 bits per heavy atom. The number of sulfonamides is 1. The largest absolute Gasteiger partial charge is 0.466 e. The predicted molar refractivity (Wildman–Crippen MR) is 106 cm³/mol. The second-order valence-corrected chi connectivity index (χ2v) is 9.72. The molecule has 1 fully saturated rings. The van der Waals surface area contributed by atoms with Crippen LogP contribution in [0.3, 0.4) is 0 Å². The van der Waals surface area contributed by atoms with E-state index in [1.54, 1.807) is 23.8 Å². The van der Waals surface area contributed by atoms with Crippen LogP contribution in [-0.2, 0) is 26.0 Å². The highest BCUT2D eigenvalue weighted by Gasteiger charge is 2.46. The molecule has 7 heteroatoms. The van der Waals surface area contributed by atoms with Crippen molar-refractivity contribution in [3.63, 3.8) is 0 Å². The van der Waals surface area contributed by atoms with E-state index in [9.17, 15) is 13.2 Å². The molecule has 1 aromatic heterocycles. The molecule has 0 radical (unpaired) electrons. The Bertz CT molecular complexity index is 892. The van der Waals surface area contributed by atoms with Crippen LogP contribution in [0.4, 0.5) is 0 Å². The van der Waals surface area contributed by atoms with Gasteiger partial charge in [0.1, 0.15) is 0 Å². The van der Waals surface area contributed by atoms with Crippen LogP contribution in [0, 0.1) is 12.3 Å². The Kier molecular flexibility index (Phi) is 6.03. The first-order valence-corrected chi connectivity index (χ1v) is 11.5. The number of nitrogens with zero attached hydrogens (tertiary/aromatic N) is 1. The lowest BCUT2D eigenvalue weighted by atomic mass is 9.75. The molecule has 1 aromatic carbocycles. The van der Waals surface area contributed by atoms with E-state index in [2.05, 4.69) is 0 Å². The van der Waals surface area contributed by atoms with Gasteiger partial charge in [0.15, 0.2) is 0 Å². The molecule has 0 N–H and O–H groups in total. The van der Waals surface area contributed by atoms with Crippen LogP contribution in [0.1, 0.15) is 30.9 Å². The van der Waals surface area contributed by atoms with Gasteiger partial charge in [-0.1, -0.05) is 24.3 Å². The minimum atomic E-state index is -3.60. The van der Waals surface area contributed by atoms with Gasteiger partial charge in [-0.15, -0.1) is 0 Å². The quantitative estimate of drug-likeness (QED) is 0.686. The summed E-state index contributed by atoms with van der Waals surface area (Å²) in [5, 5.41) is 3.39. The van der Waals surface area contributed by atoms with E-state index in [1.165, 1.54) is 15.6 Å². The zero-order valence-corrected chi connectivity index (χ0v) is 17.3. The molecule has 2 aromatic rings. The minimum Gasteiger partial charge on any atom is -0.466 e. The van der Waals surface area contributed by atoms with Crippen molar-refractivity contribution in [2.24, 2.45) is 5.41 Å². The molecule has 0 spiro atoms. The number of thiophene rings is 1. The molecule has 3 rings (SSSR count). The zero-order valence-electron chi connectivity index (χ0n) is 15.7. The van der Waals surface area contributed by atoms with Gasteiger partial charge in [-0.3, -0.25) is 4.79 Å². The lowest BCUT2D eigenvalue weighted by molar-refractivity contribution is -0.157. The molecule has 146 valence electrons. The molecular weight excluding hydrogens is 382 g/mol. The average molecular weight is 408 g/mol. The summed E-state index contributed by atoms with van der Waals surface area (Å²) in [5.41, 5.74) is 1.29. The fraction of sp³-hybridized carbons (Fsp3) is 0.450. The fourth-order valence-electron chi connectivity index (χ4n) is 3.68. The van der Waals surface area contributed by atoms with Crippen molar-refractivity contribution in [3.8, 4) is 0 Å². The van der Waals surface area contributed by atoms with Crippen molar-refractivity contribution in [1.29, 1.82) is 0 Å². The number of carbonyl (C=O) groups is 1. The van der Waals surface area contributed by atoms with Crippen LogP contribution < -0.4 is 0 Å². The number of hydrogen-bond donors (Lipinski definition) is 0. The van der Waals surface area contributed by atoms with Crippen LogP contribution in [0.2, 0.25) is 0 Å². The van der Waals surface area contributed by atoms with Gasteiger partial charge in [-0.2, -0.15) is 15.6 Å². The van der Waals surface area contributed by atoms with Crippen LogP contribution in [0.5, 0.6) is 0 Å². The molecular formula is C20H25NO4S2. The Hall–Kier alpha value is -1.70. The molecule has 1 aliphatic heterocycles. The van der Waals surface area contributed by atoms with Crippen LogP contribution in [0.25, 0.3) is 0 Å². The van der Waals surface area contributed by atoms with Gasteiger partial charge in [0.05, 0.1) is 16.9 Å². The first-order chi connectivity index (χ1) is 12.9. The molecule has 2 heterocycles. The molecule has 5 nitrogen and oxygen atoms in total. The van der Waals surface area contributed by atoms with Crippen molar-refractivity contribution >= 4 is 27.3 Å². The van der Waals surface area contributed by atoms with Gasteiger partial charge in [-0.05, 0) is 55.7 Å². The SMILES string of the molecule is CCOC(=O)[C@@]1(Cc2ccccc2C)CCCN(S(=O)(=O)c2ccsc2)C1. The molecule has 0 bridgehead atoms. The Morgan fingerprint density at radius 1 is 1.30 bits per heavy atom. The molecule has 0 unspecified atom stereocenters. The summed E-state index contributed by atoms with van der Waals surface area (Å²) in [5.74, 6) is -0.307. The van der Waals surface area contributed by atoms with E-state index in [1.807, 2.05) is 31.2 Å². The molecule has 1 saturated heterocycles. The second kappa shape index (κ2) is 8.12. The van der Waals surface area contributed by atoms with Gasteiger partial charge >= 0.3 is 5.97 Å². The molecule has 27 heavy (non-hydrogen) atoms. The number of aryl methyl sites for hydroxylation is 1. The lowest BCUT2D eigenvalue weighted by Gasteiger charge is -2.40. The maximum Gasteiger partial charge on any atom is 0.313 e. The standard InChI is InChI=1S/C20H25NO4S2/c1-3-25-19(22)20(13-17-8-5-4-7-16(17)2)10-6-11-21(15-20)27(23,24)18-9-12-26-14-18/h4-5,7-9,12,14H,3,6,10-11,13,15H2,1-2H3/t20-/m1/s1. The normalized spacial score (nSPS) is 21.1. The molecule has 0 saturated carbocycles. The third kappa shape index (κ3) is 4.10. The van der Waals surface area contributed by atoms with Gasteiger partial charge in [0, 0.05) is 18.5 Å². The summed E-state index contributed by atoms with van der Waals surface area (Å²) in [7, 11) is -3.60. The topological polar surface area (TPSA) is 63.7 Å². The third-order valence-corrected chi connectivity index (χ3v) is 7.85. The monoisotopic (exact) mass is 407 g/mol. The minimum absolute atomic E-state index is 0.151. The van der Waals surface area contributed by atoms with Crippen molar-refractivity contribution in [1.82, 2.24) is 4.31 Å². The number of carbonyl (C=O) groups excluding carboxylic acids is 1. The van der Waals surface area contributed by atoms with Crippen LogP contribution in [-0.4, -0.2) is 38.4 Å². The van der Waals surface area contributed by atoms with E-state index in [-0.39, 0.29) is 19.1 Å². The fourth-order valence-corrected chi connectivity index (χ4v) is 6.26. The van der Waals surface area contributed by atoms with Gasteiger partial charge < -0.3 is 4.74 Å². The maximum atomic E-state index is 13.0. The first kappa shape index (κ1) is 20.0. The third-order valence-electron chi connectivity index (χ3n) is 5.17. The van der Waals surface area contributed by atoms with Gasteiger partial charge in [0.25, 0.3) is 0 Å². The number of piperidine rings is 1. The highest BCUT2D eigenvalue weighted by atomic mass is 32.2. The van der Waals surface area contributed by atoms with Crippen molar-refractivity contribution in [2.75, 3.05) is 19.7 Å². The summed E-state index contributed by atoms with van der Waals surface area (Å²) in [4.78, 5) is 13.2. The van der Waals surface area contributed by atoms with Crippen LogP contribution >= 0.6 is 11.3 Å². The lowest BCUT2D eigenvalue weighted by Crippen LogP contribution is -2.51. The number of ether oxygens (including phenoxy) is 1. The predicted octanol–water partition coefficient (Wildman–Crippen LogP) is 3.63. The molecule has 1 atom stereocenters. The van der Waals surface area contributed by atoms with E-state index < -0.39 is 15.4 Å². The Balaban J connectivity index is 1.95. The Labute approximate surface area is 165 Å². The number of benzene rings is 1. The summed E-state index contributed by atoms with van der Waals surface area (Å²) in [6, 6.07) is 9.54. The summed E-state index contributed by atoms with van der Waals surface area (Å²) < 4.78 is 32.9.